The van der Waals surface area contributed by atoms with Crippen LogP contribution >= 0.6 is 11.8 Å². The Morgan fingerprint density at radius 1 is 1.14 bits per heavy atom. The zero-order valence-electron chi connectivity index (χ0n) is 15.2. The van der Waals surface area contributed by atoms with Crippen LogP contribution < -0.4 is 0 Å². The number of nitrogens with zero attached hydrogens (tertiary/aromatic N) is 2. The average molecular weight is 446 g/mol. The van der Waals surface area contributed by atoms with Crippen LogP contribution in [0.4, 0.5) is 18.9 Å². The molecule has 0 bridgehead atoms. The molecule has 2 atom stereocenters. The highest BCUT2D eigenvalue weighted by Crippen LogP contribution is 2.48. The zero-order chi connectivity index (χ0) is 21.4. The number of rotatable bonds is 5. The van der Waals surface area contributed by atoms with Gasteiger partial charge >= 0.3 is 5.51 Å². The van der Waals surface area contributed by atoms with Gasteiger partial charge in [0.25, 0.3) is 15.7 Å². The van der Waals surface area contributed by atoms with Crippen molar-refractivity contribution in [1.29, 1.82) is 0 Å². The van der Waals surface area contributed by atoms with Gasteiger partial charge in [0.2, 0.25) is 0 Å². The minimum absolute atomic E-state index is 0.0252. The molecule has 1 heterocycles. The second kappa shape index (κ2) is 7.96. The zero-order valence-corrected chi connectivity index (χ0v) is 16.8. The first-order chi connectivity index (χ1) is 13.5. The standard InChI is InChI=1S/C18H17F3N2O4S2/c1-12-6-8-13(9-7-12)17-15(28-18(19,20)21)10-11-22(17)29(26,27)16-5-3-2-4-14(16)23(24)25/h2-9,15,17H,10-11H2,1H3/t15-,17+/m0/s1. The van der Waals surface area contributed by atoms with E-state index in [-0.39, 0.29) is 24.7 Å². The molecule has 1 saturated heterocycles. The quantitative estimate of drug-likeness (QED) is 0.493. The van der Waals surface area contributed by atoms with Crippen molar-refractivity contribution in [3.05, 3.63) is 69.8 Å². The highest BCUT2D eigenvalue weighted by atomic mass is 32.2. The van der Waals surface area contributed by atoms with Gasteiger partial charge in [0, 0.05) is 17.9 Å². The average Bonchev–Trinajstić information content (AvgIpc) is 3.05. The van der Waals surface area contributed by atoms with Crippen LogP contribution in [0.5, 0.6) is 0 Å². The monoisotopic (exact) mass is 446 g/mol. The molecule has 2 aromatic rings. The summed E-state index contributed by atoms with van der Waals surface area (Å²) >= 11 is -0.243. The van der Waals surface area contributed by atoms with Gasteiger partial charge in [-0.3, -0.25) is 10.1 Å². The second-order valence-corrected chi connectivity index (χ2v) is 9.75. The largest absolute Gasteiger partial charge is 0.442 e. The summed E-state index contributed by atoms with van der Waals surface area (Å²) in [4.78, 5) is 9.95. The molecule has 0 aliphatic carbocycles. The SMILES string of the molecule is Cc1ccc([C@@H]2[C@@H](SC(F)(F)F)CCN2S(=O)(=O)c2ccccc2[N+](=O)[O-])cc1. The fourth-order valence-electron chi connectivity index (χ4n) is 3.40. The van der Waals surface area contributed by atoms with Crippen molar-refractivity contribution in [2.24, 2.45) is 0 Å². The summed E-state index contributed by atoms with van der Waals surface area (Å²) in [6, 6.07) is 10.3. The van der Waals surface area contributed by atoms with Gasteiger partial charge in [-0.1, -0.05) is 42.0 Å². The molecule has 1 aliphatic rings. The van der Waals surface area contributed by atoms with Crippen molar-refractivity contribution >= 4 is 27.5 Å². The molecule has 156 valence electrons. The van der Waals surface area contributed by atoms with Crippen LogP contribution in [0.15, 0.2) is 53.4 Å². The molecule has 2 aromatic carbocycles. The van der Waals surface area contributed by atoms with Gasteiger partial charge < -0.3 is 0 Å². The van der Waals surface area contributed by atoms with Crippen LogP contribution in [-0.2, 0) is 10.0 Å². The minimum Gasteiger partial charge on any atom is -0.258 e. The van der Waals surface area contributed by atoms with E-state index in [0.717, 1.165) is 22.0 Å². The molecule has 0 amide bonds. The summed E-state index contributed by atoms with van der Waals surface area (Å²) in [6.07, 6.45) is -0.0252. The Kier molecular flexibility index (Phi) is 5.93. The highest BCUT2D eigenvalue weighted by molar-refractivity contribution is 8.00. The van der Waals surface area contributed by atoms with E-state index in [9.17, 15) is 31.7 Å². The Bertz CT molecular complexity index is 1010. The Morgan fingerprint density at radius 3 is 2.34 bits per heavy atom. The molecule has 6 nitrogen and oxygen atoms in total. The van der Waals surface area contributed by atoms with Gasteiger partial charge in [0.15, 0.2) is 4.90 Å². The number of aryl methyl sites for hydroxylation is 1. The predicted octanol–water partition coefficient (Wildman–Crippen LogP) is 4.66. The number of thioether (sulfide) groups is 1. The van der Waals surface area contributed by atoms with Crippen molar-refractivity contribution in [3.8, 4) is 0 Å². The molecule has 0 N–H and O–H groups in total. The molecule has 0 unspecified atom stereocenters. The molecule has 29 heavy (non-hydrogen) atoms. The number of halogens is 3. The lowest BCUT2D eigenvalue weighted by atomic mass is 10.0. The van der Waals surface area contributed by atoms with Crippen molar-refractivity contribution in [1.82, 2.24) is 4.31 Å². The number of para-hydroxylation sites is 1. The first-order valence-electron chi connectivity index (χ1n) is 8.57. The van der Waals surface area contributed by atoms with E-state index in [1.54, 1.807) is 24.3 Å². The van der Waals surface area contributed by atoms with E-state index in [1.165, 1.54) is 12.1 Å². The van der Waals surface area contributed by atoms with E-state index < -0.39 is 42.3 Å². The normalized spacial score (nSPS) is 20.7. The summed E-state index contributed by atoms with van der Waals surface area (Å²) in [5.41, 5.74) is -3.86. The predicted molar refractivity (Wildman–Crippen MR) is 103 cm³/mol. The van der Waals surface area contributed by atoms with Crippen LogP contribution in [0.2, 0.25) is 0 Å². The summed E-state index contributed by atoms with van der Waals surface area (Å²) in [7, 11) is -4.40. The topological polar surface area (TPSA) is 80.5 Å². The molecule has 0 spiro atoms. The maximum absolute atomic E-state index is 13.3. The highest BCUT2D eigenvalue weighted by Gasteiger charge is 2.48. The smallest absolute Gasteiger partial charge is 0.258 e. The van der Waals surface area contributed by atoms with Crippen LogP contribution in [0.1, 0.15) is 23.6 Å². The van der Waals surface area contributed by atoms with Gasteiger partial charge in [-0.05, 0) is 36.7 Å². The maximum Gasteiger partial charge on any atom is 0.442 e. The van der Waals surface area contributed by atoms with Gasteiger partial charge in [-0.2, -0.15) is 17.5 Å². The molecule has 0 saturated carbocycles. The Hall–Kier alpha value is -2.11. The molecule has 11 heteroatoms. The van der Waals surface area contributed by atoms with E-state index in [0.29, 0.717) is 5.56 Å². The third-order valence-corrected chi connectivity index (χ3v) is 7.64. The van der Waals surface area contributed by atoms with Crippen LogP contribution in [0.25, 0.3) is 0 Å². The van der Waals surface area contributed by atoms with Gasteiger partial charge in [0.1, 0.15) is 0 Å². The van der Waals surface area contributed by atoms with Crippen molar-refractivity contribution < 1.29 is 26.5 Å². The third-order valence-electron chi connectivity index (χ3n) is 4.65. The number of hydrogen-bond donors (Lipinski definition) is 0. The number of hydrogen-bond acceptors (Lipinski definition) is 5. The summed E-state index contributed by atoms with van der Waals surface area (Å²) in [5, 5.41) is 10.2. The van der Waals surface area contributed by atoms with Crippen molar-refractivity contribution in [3.63, 3.8) is 0 Å². The molecule has 0 aromatic heterocycles. The third kappa shape index (κ3) is 4.57. The lowest BCUT2D eigenvalue weighted by molar-refractivity contribution is -0.387. The van der Waals surface area contributed by atoms with E-state index in [4.69, 9.17) is 0 Å². The van der Waals surface area contributed by atoms with Gasteiger partial charge in [-0.15, -0.1) is 0 Å². The first kappa shape index (κ1) is 21.6. The van der Waals surface area contributed by atoms with Crippen LogP contribution in [0.3, 0.4) is 0 Å². The number of sulfonamides is 1. The fourth-order valence-corrected chi connectivity index (χ4v) is 6.30. The minimum atomic E-state index is -4.54. The molecule has 1 fully saturated rings. The second-order valence-electron chi connectivity index (χ2n) is 6.59. The van der Waals surface area contributed by atoms with Crippen molar-refractivity contribution in [2.45, 2.75) is 35.0 Å². The number of benzene rings is 2. The molecule has 1 aliphatic heterocycles. The summed E-state index contributed by atoms with van der Waals surface area (Å²) < 4.78 is 66.7. The maximum atomic E-state index is 13.3. The lowest BCUT2D eigenvalue weighted by Crippen LogP contribution is -2.33. The Morgan fingerprint density at radius 2 is 1.76 bits per heavy atom. The Balaban J connectivity index is 2.09. The van der Waals surface area contributed by atoms with Gasteiger partial charge in [-0.25, -0.2) is 8.42 Å². The van der Waals surface area contributed by atoms with E-state index >= 15 is 0 Å². The summed E-state index contributed by atoms with van der Waals surface area (Å²) in [6.45, 7) is 1.64. The number of nitro benzene ring substituents is 1. The molecular weight excluding hydrogens is 429 g/mol. The van der Waals surface area contributed by atoms with Crippen LogP contribution in [0, 0.1) is 17.0 Å². The van der Waals surface area contributed by atoms with Crippen LogP contribution in [-0.4, -0.2) is 34.9 Å². The summed E-state index contributed by atoms with van der Waals surface area (Å²) in [5.74, 6) is 0. The van der Waals surface area contributed by atoms with E-state index in [1.807, 2.05) is 6.92 Å². The van der Waals surface area contributed by atoms with Gasteiger partial charge in [0.05, 0.1) is 11.0 Å². The van der Waals surface area contributed by atoms with E-state index in [2.05, 4.69) is 0 Å². The number of alkyl halides is 3. The molecule has 0 radical (unpaired) electrons. The first-order valence-corrected chi connectivity index (χ1v) is 10.9. The fraction of sp³-hybridized carbons (Fsp3) is 0.333. The number of nitro groups is 1. The lowest BCUT2D eigenvalue weighted by Gasteiger charge is -2.28. The van der Waals surface area contributed by atoms with Crippen molar-refractivity contribution in [2.75, 3.05) is 6.54 Å². The molecule has 3 rings (SSSR count). The molecular formula is C18H17F3N2O4S2. The Labute approximate surface area is 169 Å².